The Labute approximate surface area is 101 Å². The zero-order valence-corrected chi connectivity index (χ0v) is 9.47. The van der Waals surface area contributed by atoms with Crippen LogP contribution in [0.1, 0.15) is 18.5 Å². The van der Waals surface area contributed by atoms with Crippen molar-refractivity contribution in [1.29, 1.82) is 0 Å². The summed E-state index contributed by atoms with van der Waals surface area (Å²) in [4.78, 5) is 0. The van der Waals surface area contributed by atoms with Crippen molar-refractivity contribution in [3.63, 3.8) is 0 Å². The fraction of sp³-hybridized carbons (Fsp3) is 0.455. The molecule has 0 radical (unpaired) electrons. The van der Waals surface area contributed by atoms with Crippen molar-refractivity contribution in [2.24, 2.45) is 0 Å². The maximum Gasteiger partial charge on any atom is 0.401 e. The van der Waals surface area contributed by atoms with Gasteiger partial charge < -0.3 is 10.1 Å². The molecule has 1 unspecified atom stereocenters. The second kappa shape index (κ2) is 5.99. The summed E-state index contributed by atoms with van der Waals surface area (Å²) >= 11 is 0. The first-order chi connectivity index (χ1) is 8.29. The SMILES string of the molecule is CC(NCC(F)(F)F)c1ccccc1OC(F)F. The van der Waals surface area contributed by atoms with Gasteiger partial charge in [-0.15, -0.1) is 0 Å². The van der Waals surface area contributed by atoms with E-state index in [4.69, 9.17) is 0 Å². The van der Waals surface area contributed by atoms with Crippen LogP contribution in [0.2, 0.25) is 0 Å². The summed E-state index contributed by atoms with van der Waals surface area (Å²) in [7, 11) is 0. The summed E-state index contributed by atoms with van der Waals surface area (Å²) in [5.74, 6) is -0.130. The Hall–Kier alpha value is -1.37. The van der Waals surface area contributed by atoms with E-state index in [2.05, 4.69) is 10.1 Å². The summed E-state index contributed by atoms with van der Waals surface area (Å²) in [5, 5.41) is 2.20. The molecular formula is C11H12F5NO. The van der Waals surface area contributed by atoms with Crippen LogP contribution >= 0.6 is 0 Å². The lowest BCUT2D eigenvalue weighted by Crippen LogP contribution is -2.31. The standard InChI is InChI=1S/C11H12F5NO/c1-7(17-6-11(14,15)16)8-4-2-3-5-9(8)18-10(12)13/h2-5,7,10,17H,6H2,1H3. The molecule has 0 saturated heterocycles. The average Bonchev–Trinajstić information content (AvgIpc) is 2.25. The number of nitrogens with one attached hydrogen (secondary N) is 1. The minimum absolute atomic E-state index is 0.130. The molecule has 7 heteroatoms. The van der Waals surface area contributed by atoms with Gasteiger partial charge in [-0.2, -0.15) is 22.0 Å². The van der Waals surface area contributed by atoms with Gasteiger partial charge in [-0.05, 0) is 13.0 Å². The molecule has 102 valence electrons. The quantitative estimate of drug-likeness (QED) is 0.826. The Morgan fingerprint density at radius 1 is 1.22 bits per heavy atom. The molecule has 0 aromatic heterocycles. The molecule has 0 aliphatic heterocycles. The molecule has 1 aromatic rings. The summed E-state index contributed by atoms with van der Waals surface area (Å²) in [6.45, 7) is -2.77. The van der Waals surface area contributed by atoms with Crippen LogP contribution in [0, 0.1) is 0 Å². The Morgan fingerprint density at radius 3 is 2.39 bits per heavy atom. The predicted octanol–water partition coefficient (Wildman–Crippen LogP) is 3.50. The maximum atomic E-state index is 12.1. The lowest BCUT2D eigenvalue weighted by atomic mass is 10.1. The molecule has 1 aromatic carbocycles. The highest BCUT2D eigenvalue weighted by molar-refractivity contribution is 5.35. The Kier molecular flexibility index (Phi) is 4.89. The van der Waals surface area contributed by atoms with Crippen molar-refractivity contribution < 1.29 is 26.7 Å². The second-order valence-corrected chi connectivity index (χ2v) is 3.63. The first-order valence-electron chi connectivity index (χ1n) is 5.13. The predicted molar refractivity (Wildman–Crippen MR) is 55.5 cm³/mol. The van der Waals surface area contributed by atoms with Crippen molar-refractivity contribution >= 4 is 0 Å². The number of rotatable bonds is 5. The summed E-state index contributed by atoms with van der Waals surface area (Å²) < 4.78 is 64.6. The Morgan fingerprint density at radius 2 is 1.83 bits per heavy atom. The largest absolute Gasteiger partial charge is 0.434 e. The highest BCUT2D eigenvalue weighted by atomic mass is 19.4. The van der Waals surface area contributed by atoms with Gasteiger partial charge in [0.15, 0.2) is 0 Å². The molecule has 0 spiro atoms. The van der Waals surface area contributed by atoms with E-state index in [1.807, 2.05) is 0 Å². The average molecular weight is 269 g/mol. The van der Waals surface area contributed by atoms with Crippen molar-refractivity contribution in [2.45, 2.75) is 25.8 Å². The molecule has 0 aliphatic carbocycles. The van der Waals surface area contributed by atoms with Gasteiger partial charge in [-0.3, -0.25) is 0 Å². The van der Waals surface area contributed by atoms with Crippen LogP contribution in [0.3, 0.4) is 0 Å². The molecule has 0 bridgehead atoms. The number of benzene rings is 1. The van der Waals surface area contributed by atoms with Crippen LogP contribution < -0.4 is 10.1 Å². The lowest BCUT2D eigenvalue weighted by Gasteiger charge is -2.18. The highest BCUT2D eigenvalue weighted by Gasteiger charge is 2.28. The fourth-order valence-electron chi connectivity index (χ4n) is 1.42. The number of para-hydroxylation sites is 1. The van der Waals surface area contributed by atoms with Crippen LogP contribution in [0.15, 0.2) is 24.3 Å². The number of alkyl halides is 5. The first-order valence-corrected chi connectivity index (χ1v) is 5.13. The molecule has 18 heavy (non-hydrogen) atoms. The van der Waals surface area contributed by atoms with Gasteiger partial charge >= 0.3 is 12.8 Å². The number of halogens is 5. The van der Waals surface area contributed by atoms with Crippen molar-refractivity contribution in [2.75, 3.05) is 6.54 Å². The van der Waals surface area contributed by atoms with E-state index in [0.29, 0.717) is 0 Å². The van der Waals surface area contributed by atoms with E-state index in [-0.39, 0.29) is 11.3 Å². The van der Waals surface area contributed by atoms with Crippen molar-refractivity contribution in [3.8, 4) is 5.75 Å². The van der Waals surface area contributed by atoms with Gasteiger partial charge in [-0.1, -0.05) is 18.2 Å². The van der Waals surface area contributed by atoms with Crippen molar-refractivity contribution in [3.05, 3.63) is 29.8 Å². The van der Waals surface area contributed by atoms with E-state index in [9.17, 15) is 22.0 Å². The zero-order valence-electron chi connectivity index (χ0n) is 9.47. The first kappa shape index (κ1) is 14.7. The summed E-state index contributed by atoms with van der Waals surface area (Å²) in [6.07, 6.45) is -4.35. The zero-order chi connectivity index (χ0) is 13.8. The van der Waals surface area contributed by atoms with E-state index >= 15 is 0 Å². The Balaban J connectivity index is 2.75. The van der Waals surface area contributed by atoms with E-state index in [1.54, 1.807) is 6.07 Å². The van der Waals surface area contributed by atoms with Gasteiger partial charge in [0.05, 0.1) is 6.54 Å². The molecule has 1 rings (SSSR count). The van der Waals surface area contributed by atoms with Gasteiger partial charge in [0.25, 0.3) is 0 Å². The molecular weight excluding hydrogens is 257 g/mol. The normalized spacial score (nSPS) is 13.7. The third-order valence-corrected chi connectivity index (χ3v) is 2.21. The van der Waals surface area contributed by atoms with Crippen molar-refractivity contribution in [1.82, 2.24) is 5.32 Å². The van der Waals surface area contributed by atoms with Crippen LogP contribution in [0.25, 0.3) is 0 Å². The molecule has 1 atom stereocenters. The number of ether oxygens (including phenoxy) is 1. The molecule has 0 amide bonds. The highest BCUT2D eigenvalue weighted by Crippen LogP contribution is 2.27. The molecule has 0 heterocycles. The minimum Gasteiger partial charge on any atom is -0.434 e. The minimum atomic E-state index is -4.35. The summed E-state index contributed by atoms with van der Waals surface area (Å²) in [5.41, 5.74) is 0.252. The third-order valence-electron chi connectivity index (χ3n) is 2.21. The third kappa shape index (κ3) is 4.87. The molecule has 0 saturated carbocycles. The van der Waals surface area contributed by atoms with Crippen LogP contribution in [-0.4, -0.2) is 19.3 Å². The smallest absolute Gasteiger partial charge is 0.401 e. The fourth-order valence-corrected chi connectivity index (χ4v) is 1.42. The topological polar surface area (TPSA) is 21.3 Å². The molecule has 1 N–H and O–H groups in total. The number of hydrogen-bond acceptors (Lipinski definition) is 2. The molecule has 0 aliphatic rings. The van der Waals surface area contributed by atoms with Crippen LogP contribution in [0.5, 0.6) is 5.75 Å². The number of hydrogen-bond donors (Lipinski definition) is 1. The Bertz CT molecular complexity index is 380. The van der Waals surface area contributed by atoms with Gasteiger partial charge in [-0.25, -0.2) is 0 Å². The molecule has 2 nitrogen and oxygen atoms in total. The van der Waals surface area contributed by atoms with Crippen LogP contribution in [-0.2, 0) is 0 Å². The maximum absolute atomic E-state index is 12.1. The lowest BCUT2D eigenvalue weighted by molar-refractivity contribution is -0.126. The van der Waals surface area contributed by atoms with Gasteiger partial charge in [0, 0.05) is 11.6 Å². The van der Waals surface area contributed by atoms with Gasteiger partial charge in [0.2, 0.25) is 0 Å². The van der Waals surface area contributed by atoms with E-state index < -0.39 is 25.4 Å². The van der Waals surface area contributed by atoms with E-state index in [1.165, 1.54) is 25.1 Å². The van der Waals surface area contributed by atoms with Crippen LogP contribution in [0.4, 0.5) is 22.0 Å². The van der Waals surface area contributed by atoms with E-state index in [0.717, 1.165) is 0 Å². The molecule has 0 fully saturated rings. The second-order valence-electron chi connectivity index (χ2n) is 3.63. The monoisotopic (exact) mass is 269 g/mol. The summed E-state index contributed by atoms with van der Waals surface area (Å²) in [6, 6.07) is 4.98. The van der Waals surface area contributed by atoms with Gasteiger partial charge in [0.1, 0.15) is 5.75 Å².